The molecule has 3 amide bonds. The highest BCUT2D eigenvalue weighted by Crippen LogP contribution is 2.58. The number of nitrogens with zero attached hydrogens (tertiary/aromatic N) is 2. The molecule has 5 atom stereocenters. The zero-order valence-corrected chi connectivity index (χ0v) is 29.8. The van der Waals surface area contributed by atoms with Crippen LogP contribution in [0.15, 0.2) is 97.1 Å². The van der Waals surface area contributed by atoms with E-state index in [1.807, 2.05) is 67.6 Å². The molecule has 52 heavy (non-hydrogen) atoms. The number of aliphatic hydroxyl groups is 1. The van der Waals surface area contributed by atoms with E-state index in [0.29, 0.717) is 41.2 Å². The molecule has 3 heterocycles. The van der Waals surface area contributed by atoms with Gasteiger partial charge in [0.25, 0.3) is 11.8 Å². The quantitative estimate of drug-likeness (QED) is 0.208. The second-order valence-corrected chi connectivity index (χ2v) is 14.6. The van der Waals surface area contributed by atoms with Gasteiger partial charge in [-0.2, -0.15) is 0 Å². The lowest BCUT2D eigenvalue weighted by molar-refractivity contribution is -0.151. The molecule has 7 rings (SSSR count). The molecular formula is C42H44FN3O6. The lowest BCUT2D eigenvalue weighted by Gasteiger charge is -2.37. The SMILES string of the molecule is COc1ccc(C(=O)Nc2ccc(CN3C(=O)[C@]4(O[C@H](CC(=O)N5Cc6ccccc6C[C@H]5CO)[C@@H](C(C)(C)F)[C@@H]4C)c4ccccc43)cc2)cc1. The van der Waals surface area contributed by atoms with Crippen molar-refractivity contribution in [3.63, 3.8) is 0 Å². The second kappa shape index (κ2) is 13.8. The van der Waals surface area contributed by atoms with Gasteiger partial charge >= 0.3 is 0 Å². The van der Waals surface area contributed by atoms with Crippen molar-refractivity contribution >= 4 is 29.1 Å². The van der Waals surface area contributed by atoms with Crippen LogP contribution >= 0.6 is 0 Å². The van der Waals surface area contributed by atoms with Crippen LogP contribution in [-0.4, -0.2) is 59.3 Å². The number of halogens is 1. The van der Waals surface area contributed by atoms with E-state index in [1.165, 1.54) is 13.8 Å². The zero-order valence-electron chi connectivity index (χ0n) is 29.8. The summed E-state index contributed by atoms with van der Waals surface area (Å²) < 4.78 is 28.2. The van der Waals surface area contributed by atoms with Gasteiger partial charge in [-0.05, 0) is 79.4 Å². The standard InChI is InChI=1S/C42H44FN3O6/c1-26-38(41(2,3)43)36(22-37(48)45-24-30-10-6-5-9-29(30)21-32(45)25-47)52-42(26)34-11-7-8-12-35(34)46(40(42)50)23-27-13-17-31(18-14-27)44-39(49)28-15-19-33(51-4)20-16-28/h5-20,26,32,36,38,47H,21-25H2,1-4H3,(H,44,49)/t26-,32-,36+,38-,42+/m0/s1. The number of ether oxygens (including phenoxy) is 2. The summed E-state index contributed by atoms with van der Waals surface area (Å²) in [7, 11) is 1.57. The number of aliphatic hydroxyl groups excluding tert-OH is 1. The Labute approximate surface area is 303 Å². The summed E-state index contributed by atoms with van der Waals surface area (Å²) >= 11 is 0. The number of hydrogen-bond acceptors (Lipinski definition) is 6. The first-order chi connectivity index (χ1) is 24.9. The average Bonchev–Trinajstić information content (AvgIpc) is 3.57. The van der Waals surface area contributed by atoms with Gasteiger partial charge in [-0.15, -0.1) is 0 Å². The molecule has 4 aromatic carbocycles. The minimum Gasteiger partial charge on any atom is -0.497 e. The Kier molecular flexibility index (Phi) is 9.39. The number of alkyl halides is 1. The van der Waals surface area contributed by atoms with Crippen LogP contribution in [0.3, 0.4) is 0 Å². The van der Waals surface area contributed by atoms with Crippen molar-refractivity contribution in [1.29, 1.82) is 0 Å². The van der Waals surface area contributed by atoms with E-state index in [1.54, 1.807) is 53.3 Å². The van der Waals surface area contributed by atoms with Gasteiger partial charge in [-0.3, -0.25) is 14.4 Å². The van der Waals surface area contributed by atoms with Crippen LogP contribution in [0.2, 0.25) is 0 Å². The highest BCUT2D eigenvalue weighted by Gasteiger charge is 2.66. The summed E-state index contributed by atoms with van der Waals surface area (Å²) in [5.74, 6) is -1.52. The third kappa shape index (κ3) is 6.24. The van der Waals surface area contributed by atoms with E-state index >= 15 is 4.39 Å². The summed E-state index contributed by atoms with van der Waals surface area (Å²) in [5, 5.41) is 13.1. The van der Waals surface area contributed by atoms with Crippen LogP contribution in [-0.2, 0) is 39.4 Å². The molecule has 1 spiro atoms. The van der Waals surface area contributed by atoms with Gasteiger partial charge in [0, 0.05) is 35.2 Å². The highest BCUT2D eigenvalue weighted by atomic mass is 19.1. The van der Waals surface area contributed by atoms with Crippen LogP contribution in [0.4, 0.5) is 15.8 Å². The molecule has 2 N–H and O–H groups in total. The number of methoxy groups -OCH3 is 1. The summed E-state index contributed by atoms with van der Waals surface area (Å²) in [5.41, 5.74) is 2.09. The molecule has 3 aliphatic heterocycles. The number of hydrogen-bond donors (Lipinski definition) is 2. The summed E-state index contributed by atoms with van der Waals surface area (Å²) in [6, 6.07) is 29.0. The number of carbonyl (C=O) groups excluding carboxylic acids is 3. The van der Waals surface area contributed by atoms with E-state index in [-0.39, 0.29) is 37.3 Å². The molecule has 0 saturated carbocycles. The lowest BCUT2D eigenvalue weighted by atomic mass is 9.71. The maximum atomic E-state index is 16.3. The van der Waals surface area contributed by atoms with Crippen molar-refractivity contribution in [2.75, 3.05) is 23.9 Å². The minimum atomic E-state index is -1.77. The van der Waals surface area contributed by atoms with E-state index < -0.39 is 35.3 Å². The average molecular weight is 706 g/mol. The Morgan fingerprint density at radius 2 is 1.65 bits per heavy atom. The van der Waals surface area contributed by atoms with Crippen molar-refractivity contribution in [2.24, 2.45) is 11.8 Å². The smallest absolute Gasteiger partial charge is 0.264 e. The Morgan fingerprint density at radius 3 is 2.33 bits per heavy atom. The van der Waals surface area contributed by atoms with Crippen LogP contribution in [0.5, 0.6) is 5.75 Å². The molecule has 4 aromatic rings. The summed E-state index contributed by atoms with van der Waals surface area (Å²) in [4.78, 5) is 44.9. The van der Waals surface area contributed by atoms with Crippen LogP contribution in [0.1, 0.15) is 59.8 Å². The van der Waals surface area contributed by atoms with Crippen molar-refractivity contribution in [1.82, 2.24) is 4.90 Å². The fourth-order valence-corrected chi connectivity index (χ4v) is 8.51. The van der Waals surface area contributed by atoms with Gasteiger partial charge in [-0.25, -0.2) is 4.39 Å². The molecule has 3 aliphatic rings. The molecule has 0 aromatic heterocycles. The molecule has 1 fully saturated rings. The third-order valence-corrected chi connectivity index (χ3v) is 11.0. The lowest BCUT2D eigenvalue weighted by Crippen LogP contribution is -2.48. The first-order valence-electron chi connectivity index (χ1n) is 17.7. The van der Waals surface area contributed by atoms with Crippen molar-refractivity contribution in [3.8, 4) is 5.75 Å². The molecule has 270 valence electrons. The molecule has 0 aliphatic carbocycles. The third-order valence-electron chi connectivity index (χ3n) is 11.0. The van der Waals surface area contributed by atoms with E-state index in [2.05, 4.69) is 5.32 Å². The van der Waals surface area contributed by atoms with E-state index in [0.717, 1.165) is 16.7 Å². The number of fused-ring (bicyclic) bond motifs is 3. The van der Waals surface area contributed by atoms with Crippen molar-refractivity contribution < 1.29 is 33.4 Å². The largest absolute Gasteiger partial charge is 0.497 e. The Morgan fingerprint density at radius 1 is 0.981 bits per heavy atom. The van der Waals surface area contributed by atoms with E-state index in [4.69, 9.17) is 9.47 Å². The van der Waals surface area contributed by atoms with Gasteiger partial charge in [0.2, 0.25) is 5.91 Å². The summed E-state index contributed by atoms with van der Waals surface area (Å²) in [6.07, 6.45) is -0.481. The molecule has 0 unspecified atom stereocenters. The van der Waals surface area contributed by atoms with Crippen molar-refractivity contribution in [2.45, 2.75) is 70.1 Å². The predicted molar refractivity (Wildman–Crippen MR) is 196 cm³/mol. The second-order valence-electron chi connectivity index (χ2n) is 14.6. The molecule has 9 nitrogen and oxygen atoms in total. The van der Waals surface area contributed by atoms with Gasteiger partial charge in [0.05, 0.1) is 44.5 Å². The first kappa shape index (κ1) is 35.3. The van der Waals surface area contributed by atoms with Crippen LogP contribution in [0.25, 0.3) is 0 Å². The number of amides is 3. The van der Waals surface area contributed by atoms with Gasteiger partial charge in [0.15, 0.2) is 5.60 Å². The number of anilines is 2. The maximum absolute atomic E-state index is 16.3. The van der Waals surface area contributed by atoms with E-state index in [9.17, 15) is 19.5 Å². The van der Waals surface area contributed by atoms with Gasteiger partial charge < -0.3 is 29.7 Å². The monoisotopic (exact) mass is 705 g/mol. The summed E-state index contributed by atoms with van der Waals surface area (Å²) in [6.45, 7) is 5.19. The Balaban J connectivity index is 1.12. The zero-order chi connectivity index (χ0) is 36.8. The Hall–Kier alpha value is -5.06. The number of nitrogens with one attached hydrogen (secondary N) is 1. The molecule has 0 bridgehead atoms. The molecule has 10 heteroatoms. The number of rotatable bonds is 9. The maximum Gasteiger partial charge on any atom is 0.264 e. The van der Waals surface area contributed by atoms with Crippen LogP contribution in [0, 0.1) is 11.8 Å². The highest BCUT2D eigenvalue weighted by molar-refractivity contribution is 6.07. The molecular weight excluding hydrogens is 661 g/mol. The topological polar surface area (TPSA) is 108 Å². The molecule has 1 saturated heterocycles. The normalized spacial score (nSPS) is 23.8. The Bertz CT molecular complexity index is 1980. The number of carbonyl (C=O) groups is 3. The number of benzene rings is 4. The van der Waals surface area contributed by atoms with Crippen molar-refractivity contribution in [3.05, 3.63) is 125 Å². The molecule has 0 radical (unpaired) electrons. The minimum absolute atomic E-state index is 0.123. The fourth-order valence-electron chi connectivity index (χ4n) is 8.51. The predicted octanol–water partition coefficient (Wildman–Crippen LogP) is 6.42. The van der Waals surface area contributed by atoms with Crippen LogP contribution < -0.4 is 15.0 Å². The van der Waals surface area contributed by atoms with Gasteiger partial charge in [-0.1, -0.05) is 61.5 Å². The number of para-hydroxylation sites is 1. The fraction of sp³-hybridized carbons (Fsp3) is 0.357. The first-order valence-corrected chi connectivity index (χ1v) is 17.7. The van der Waals surface area contributed by atoms with Gasteiger partial charge in [0.1, 0.15) is 11.4 Å².